The Labute approximate surface area is 144 Å². The number of nitrogens with zero attached hydrogens (tertiary/aromatic N) is 1. The van der Waals surface area contributed by atoms with Crippen LogP contribution in [0.3, 0.4) is 0 Å². The van der Waals surface area contributed by atoms with Crippen molar-refractivity contribution in [2.24, 2.45) is 23.7 Å². The van der Waals surface area contributed by atoms with Gasteiger partial charge in [-0.15, -0.1) is 0 Å². The van der Waals surface area contributed by atoms with E-state index in [0.717, 1.165) is 21.8 Å². The molecule has 4 atom stereocenters. The number of Topliss-reactive ketones (excluding diaryl/α,β-unsaturated/α-hetero) is 1. The van der Waals surface area contributed by atoms with Crippen LogP contribution in [0, 0.1) is 23.7 Å². The summed E-state index contributed by atoms with van der Waals surface area (Å²) in [6.07, 6.45) is 2.09. The van der Waals surface area contributed by atoms with Crippen molar-refractivity contribution in [3.05, 3.63) is 27.1 Å². The first-order valence-electron chi connectivity index (χ1n) is 7.34. The monoisotopic (exact) mass is 425 g/mol. The van der Waals surface area contributed by atoms with Crippen molar-refractivity contribution in [2.45, 2.75) is 19.3 Å². The number of benzene rings is 1. The van der Waals surface area contributed by atoms with Crippen LogP contribution in [-0.2, 0) is 14.4 Å². The first kappa shape index (κ1) is 14.6. The predicted octanol–water partition coefficient (Wildman–Crippen LogP) is 3.32. The molecular weight excluding hydrogens is 414 g/mol. The van der Waals surface area contributed by atoms with Gasteiger partial charge in [-0.05, 0) is 37.0 Å². The fourth-order valence-corrected chi connectivity index (χ4v) is 5.58. The summed E-state index contributed by atoms with van der Waals surface area (Å²) in [6.45, 7) is 0. The van der Waals surface area contributed by atoms with E-state index in [1.807, 2.05) is 6.07 Å². The molecule has 0 radical (unpaired) electrons. The van der Waals surface area contributed by atoms with Crippen molar-refractivity contribution >= 4 is 55.1 Å². The molecular formula is C16H13Br2NO3. The molecule has 0 N–H and O–H groups in total. The van der Waals surface area contributed by atoms with E-state index in [4.69, 9.17) is 0 Å². The van der Waals surface area contributed by atoms with Gasteiger partial charge < -0.3 is 0 Å². The maximum absolute atomic E-state index is 12.8. The summed E-state index contributed by atoms with van der Waals surface area (Å²) < 4.78 is 1.60. The highest BCUT2D eigenvalue weighted by Crippen LogP contribution is 2.52. The number of rotatable bonds is 1. The van der Waals surface area contributed by atoms with Gasteiger partial charge in [0.05, 0.1) is 17.5 Å². The number of halogens is 2. The van der Waals surface area contributed by atoms with E-state index in [1.165, 1.54) is 4.90 Å². The Morgan fingerprint density at radius 2 is 1.55 bits per heavy atom. The number of hydrogen-bond donors (Lipinski definition) is 0. The molecule has 2 bridgehead atoms. The molecule has 4 fully saturated rings. The van der Waals surface area contributed by atoms with Gasteiger partial charge in [-0.3, -0.25) is 14.4 Å². The molecule has 1 aliphatic heterocycles. The highest BCUT2D eigenvalue weighted by atomic mass is 79.9. The number of amides is 2. The molecule has 1 aromatic rings. The van der Waals surface area contributed by atoms with Crippen LogP contribution in [0.5, 0.6) is 0 Å². The van der Waals surface area contributed by atoms with Crippen molar-refractivity contribution < 1.29 is 14.4 Å². The van der Waals surface area contributed by atoms with Gasteiger partial charge in [-0.1, -0.05) is 31.9 Å². The fraction of sp³-hybridized carbons (Fsp3) is 0.438. The Morgan fingerprint density at radius 3 is 2.18 bits per heavy atom. The maximum atomic E-state index is 12.8. The minimum atomic E-state index is -0.440. The fourth-order valence-electron chi connectivity index (χ4n) is 4.31. The van der Waals surface area contributed by atoms with Gasteiger partial charge in [0.15, 0.2) is 0 Å². The van der Waals surface area contributed by atoms with Gasteiger partial charge in [0.25, 0.3) is 0 Å². The number of anilines is 1. The Hall–Kier alpha value is -1.01. The van der Waals surface area contributed by atoms with Crippen LogP contribution in [0.25, 0.3) is 0 Å². The molecule has 3 saturated carbocycles. The topological polar surface area (TPSA) is 54.5 Å². The second-order valence-electron chi connectivity index (χ2n) is 6.31. The number of hydrogen-bond acceptors (Lipinski definition) is 3. The van der Waals surface area contributed by atoms with E-state index < -0.39 is 5.92 Å². The normalized spacial score (nSPS) is 33.5. The molecule has 1 saturated heterocycles. The Morgan fingerprint density at radius 1 is 0.909 bits per heavy atom. The molecule has 0 spiro atoms. The van der Waals surface area contributed by atoms with Crippen molar-refractivity contribution in [3.8, 4) is 0 Å². The second-order valence-corrected chi connectivity index (χ2v) is 8.14. The largest absolute Gasteiger partial charge is 0.299 e. The predicted molar refractivity (Wildman–Crippen MR) is 87.2 cm³/mol. The van der Waals surface area contributed by atoms with Gasteiger partial charge in [-0.25, -0.2) is 4.90 Å². The SMILES string of the molecule is O=C1C[C@@H]2CC[C@H]1C1C(=O)N(c3cc(Br)cc(Br)c3)C(=O)[C@@H]12. The average Bonchev–Trinajstić information content (AvgIpc) is 2.72. The van der Waals surface area contributed by atoms with E-state index in [-0.39, 0.29) is 35.4 Å². The Bertz CT molecular complexity index is 697. The van der Waals surface area contributed by atoms with E-state index in [9.17, 15) is 14.4 Å². The van der Waals surface area contributed by atoms with Crippen molar-refractivity contribution in [1.82, 2.24) is 0 Å². The van der Waals surface area contributed by atoms with Crippen LogP contribution in [0.4, 0.5) is 5.69 Å². The molecule has 1 heterocycles. The third kappa shape index (κ3) is 1.96. The first-order valence-corrected chi connectivity index (χ1v) is 8.92. The summed E-state index contributed by atoms with van der Waals surface area (Å²) in [7, 11) is 0. The van der Waals surface area contributed by atoms with Crippen molar-refractivity contribution in [1.29, 1.82) is 0 Å². The van der Waals surface area contributed by atoms with E-state index in [2.05, 4.69) is 31.9 Å². The number of carbonyl (C=O) groups excluding carboxylic acids is 3. The molecule has 22 heavy (non-hydrogen) atoms. The summed E-state index contributed by atoms with van der Waals surface area (Å²) in [4.78, 5) is 39.1. The highest BCUT2D eigenvalue weighted by Gasteiger charge is 2.60. The second kappa shape index (κ2) is 4.99. The van der Waals surface area contributed by atoms with Crippen LogP contribution in [0.15, 0.2) is 27.1 Å². The molecule has 5 rings (SSSR count). The summed E-state index contributed by atoms with van der Waals surface area (Å²) in [5.74, 6) is -1.14. The lowest BCUT2D eigenvalue weighted by Crippen LogP contribution is -2.46. The zero-order valence-electron chi connectivity index (χ0n) is 11.6. The molecule has 3 aliphatic carbocycles. The number of carbonyl (C=O) groups is 3. The molecule has 2 amide bonds. The van der Waals surface area contributed by atoms with Crippen LogP contribution in [0.2, 0.25) is 0 Å². The lowest BCUT2D eigenvalue weighted by atomic mass is 9.59. The minimum absolute atomic E-state index is 0.0412. The van der Waals surface area contributed by atoms with Crippen molar-refractivity contribution in [2.75, 3.05) is 4.90 Å². The Kier molecular flexibility index (Phi) is 3.31. The van der Waals surface area contributed by atoms with Crippen LogP contribution < -0.4 is 4.90 Å². The van der Waals surface area contributed by atoms with E-state index in [0.29, 0.717) is 12.1 Å². The van der Waals surface area contributed by atoms with Crippen molar-refractivity contribution in [3.63, 3.8) is 0 Å². The quantitative estimate of drug-likeness (QED) is 0.647. The molecule has 1 aromatic carbocycles. The van der Waals surface area contributed by atoms with Gasteiger partial charge in [0.2, 0.25) is 11.8 Å². The zero-order valence-corrected chi connectivity index (χ0v) is 14.8. The molecule has 4 aliphatic rings. The first-order chi connectivity index (χ1) is 10.5. The van der Waals surface area contributed by atoms with Gasteiger partial charge in [0, 0.05) is 21.3 Å². The summed E-state index contributed by atoms with van der Waals surface area (Å²) in [5.41, 5.74) is 0.567. The van der Waals surface area contributed by atoms with E-state index >= 15 is 0 Å². The van der Waals surface area contributed by atoms with E-state index in [1.54, 1.807) is 12.1 Å². The standard InChI is InChI=1S/C16H13Br2NO3/c17-8-4-9(18)6-10(5-8)19-15(21)13-7-1-2-11(12(20)3-7)14(13)16(19)22/h4-7,11,13-14H,1-3H2/t7-,11+,13+,14?/m0/s1. The number of imide groups is 1. The molecule has 1 unspecified atom stereocenters. The summed E-state index contributed by atoms with van der Waals surface area (Å²) in [6, 6.07) is 5.39. The van der Waals surface area contributed by atoms with Crippen LogP contribution in [0.1, 0.15) is 19.3 Å². The highest BCUT2D eigenvalue weighted by molar-refractivity contribution is 9.11. The molecule has 0 aromatic heterocycles. The lowest BCUT2D eigenvalue weighted by Gasteiger charge is -2.41. The van der Waals surface area contributed by atoms with Gasteiger partial charge in [0.1, 0.15) is 5.78 Å². The lowest BCUT2D eigenvalue weighted by molar-refractivity contribution is -0.143. The summed E-state index contributed by atoms with van der Waals surface area (Å²) in [5, 5.41) is 0. The summed E-state index contributed by atoms with van der Waals surface area (Å²) >= 11 is 6.78. The number of fused-ring (bicyclic) bond motifs is 2. The van der Waals surface area contributed by atoms with Crippen LogP contribution >= 0.6 is 31.9 Å². The third-order valence-electron chi connectivity index (χ3n) is 5.17. The average molecular weight is 427 g/mol. The maximum Gasteiger partial charge on any atom is 0.238 e. The number of ketones is 1. The molecule has 114 valence electrons. The minimum Gasteiger partial charge on any atom is -0.299 e. The Balaban J connectivity index is 1.78. The van der Waals surface area contributed by atoms with Crippen LogP contribution in [-0.4, -0.2) is 17.6 Å². The smallest absolute Gasteiger partial charge is 0.238 e. The third-order valence-corrected chi connectivity index (χ3v) is 6.09. The molecule has 4 nitrogen and oxygen atoms in total. The van der Waals surface area contributed by atoms with Gasteiger partial charge in [-0.2, -0.15) is 0 Å². The molecule has 6 heteroatoms. The zero-order chi connectivity index (χ0) is 15.6. The van der Waals surface area contributed by atoms with Gasteiger partial charge >= 0.3 is 0 Å².